The molecule has 130 valence electrons. The number of hydrogen-bond acceptors (Lipinski definition) is 2. The molecular formula is C21H34O2. The predicted molar refractivity (Wildman–Crippen MR) is 92.9 cm³/mol. The van der Waals surface area contributed by atoms with Crippen molar-refractivity contribution in [2.45, 2.75) is 78.2 Å². The maximum Gasteiger partial charge on any atom is 0.0618 e. The Bertz CT molecular complexity index is 542. The number of hydrogen-bond donors (Lipinski definition) is 2. The molecule has 0 amide bonds. The highest BCUT2D eigenvalue weighted by atomic mass is 16.3. The summed E-state index contributed by atoms with van der Waals surface area (Å²) in [5.74, 6) is 1.21. The molecule has 0 heterocycles. The van der Waals surface area contributed by atoms with Crippen LogP contribution in [0.15, 0.2) is 12.2 Å². The fraction of sp³-hybridized carbons (Fsp3) is 0.905. The van der Waals surface area contributed by atoms with Crippen molar-refractivity contribution >= 4 is 0 Å². The molecule has 7 atom stereocenters. The van der Waals surface area contributed by atoms with Crippen molar-refractivity contribution in [1.82, 2.24) is 0 Å². The van der Waals surface area contributed by atoms with Crippen LogP contribution in [0.25, 0.3) is 0 Å². The van der Waals surface area contributed by atoms with Crippen LogP contribution in [0.1, 0.15) is 72.1 Å². The van der Waals surface area contributed by atoms with Crippen molar-refractivity contribution in [3.05, 3.63) is 12.2 Å². The molecule has 1 spiro atoms. The third kappa shape index (κ3) is 1.83. The molecule has 4 saturated carbocycles. The van der Waals surface area contributed by atoms with Crippen LogP contribution >= 0.6 is 0 Å². The molecule has 0 aliphatic heterocycles. The lowest BCUT2D eigenvalue weighted by Crippen LogP contribution is -2.61. The van der Waals surface area contributed by atoms with Gasteiger partial charge in [0.1, 0.15) is 0 Å². The molecule has 4 fully saturated rings. The minimum absolute atomic E-state index is 0.124. The summed E-state index contributed by atoms with van der Waals surface area (Å²) in [5, 5.41) is 20.7. The van der Waals surface area contributed by atoms with E-state index in [2.05, 4.69) is 27.4 Å². The minimum Gasteiger partial charge on any atom is -0.396 e. The SMILES string of the molecule is C=C1C[C@]23CC[C@H]4C(C)(CO)C(O)CC[C@]4(C)[C@H]2CC[C@]1(C)C3. The van der Waals surface area contributed by atoms with Crippen molar-refractivity contribution in [3.8, 4) is 0 Å². The van der Waals surface area contributed by atoms with Gasteiger partial charge in [-0.3, -0.25) is 0 Å². The monoisotopic (exact) mass is 318 g/mol. The summed E-state index contributed by atoms with van der Waals surface area (Å²) in [6.45, 7) is 11.7. The van der Waals surface area contributed by atoms with E-state index in [4.69, 9.17) is 0 Å². The van der Waals surface area contributed by atoms with E-state index < -0.39 is 0 Å². The molecule has 0 aromatic rings. The van der Waals surface area contributed by atoms with Crippen molar-refractivity contribution in [2.24, 2.45) is 33.5 Å². The van der Waals surface area contributed by atoms with Crippen LogP contribution < -0.4 is 0 Å². The van der Waals surface area contributed by atoms with E-state index in [1.165, 1.54) is 44.1 Å². The molecule has 0 radical (unpaired) electrons. The van der Waals surface area contributed by atoms with Crippen LogP contribution in [0.4, 0.5) is 0 Å². The molecule has 2 bridgehead atoms. The number of aliphatic hydroxyl groups is 2. The normalized spacial score (nSPS) is 58.7. The van der Waals surface area contributed by atoms with Crippen molar-refractivity contribution in [2.75, 3.05) is 6.61 Å². The van der Waals surface area contributed by atoms with Crippen molar-refractivity contribution in [3.63, 3.8) is 0 Å². The van der Waals surface area contributed by atoms with Gasteiger partial charge in [-0.15, -0.1) is 0 Å². The highest BCUT2D eigenvalue weighted by molar-refractivity contribution is 5.27. The molecule has 4 aliphatic rings. The first-order valence-corrected chi connectivity index (χ1v) is 9.67. The van der Waals surface area contributed by atoms with Gasteiger partial charge in [-0.05, 0) is 79.4 Å². The smallest absolute Gasteiger partial charge is 0.0618 e. The topological polar surface area (TPSA) is 40.5 Å². The molecule has 0 aromatic heterocycles. The number of allylic oxidation sites excluding steroid dienone is 1. The lowest BCUT2D eigenvalue weighted by Gasteiger charge is -2.65. The van der Waals surface area contributed by atoms with E-state index in [1.807, 2.05) is 0 Å². The Balaban J connectivity index is 1.75. The Kier molecular flexibility index (Phi) is 3.25. The van der Waals surface area contributed by atoms with Crippen LogP contribution in [0.3, 0.4) is 0 Å². The predicted octanol–water partition coefficient (Wildman–Crippen LogP) is 4.31. The Morgan fingerprint density at radius 3 is 2.43 bits per heavy atom. The first-order valence-electron chi connectivity index (χ1n) is 9.67. The van der Waals surface area contributed by atoms with Crippen LogP contribution in [0.2, 0.25) is 0 Å². The van der Waals surface area contributed by atoms with E-state index in [0.29, 0.717) is 16.7 Å². The Labute approximate surface area is 141 Å². The molecule has 23 heavy (non-hydrogen) atoms. The van der Waals surface area contributed by atoms with Gasteiger partial charge in [0.15, 0.2) is 0 Å². The summed E-state index contributed by atoms with van der Waals surface area (Å²) in [6.07, 6.45) is 9.27. The van der Waals surface area contributed by atoms with Gasteiger partial charge in [0.25, 0.3) is 0 Å². The summed E-state index contributed by atoms with van der Waals surface area (Å²) >= 11 is 0. The van der Waals surface area contributed by atoms with E-state index >= 15 is 0 Å². The van der Waals surface area contributed by atoms with Gasteiger partial charge in [-0.25, -0.2) is 0 Å². The molecule has 2 heteroatoms. The summed E-state index contributed by atoms with van der Waals surface area (Å²) in [6, 6.07) is 0. The third-order valence-electron chi connectivity index (χ3n) is 9.26. The lowest BCUT2D eigenvalue weighted by atomic mass is 9.40. The van der Waals surface area contributed by atoms with Gasteiger partial charge in [-0.1, -0.05) is 32.9 Å². The Hall–Kier alpha value is -0.340. The van der Waals surface area contributed by atoms with Gasteiger partial charge >= 0.3 is 0 Å². The van der Waals surface area contributed by atoms with E-state index in [9.17, 15) is 10.2 Å². The highest BCUT2D eigenvalue weighted by Gasteiger charge is 2.66. The molecule has 2 N–H and O–H groups in total. The van der Waals surface area contributed by atoms with E-state index in [1.54, 1.807) is 0 Å². The maximum atomic E-state index is 10.6. The van der Waals surface area contributed by atoms with Crippen molar-refractivity contribution < 1.29 is 10.2 Å². The minimum atomic E-state index is -0.341. The first kappa shape index (κ1) is 16.1. The molecular weight excluding hydrogens is 284 g/mol. The molecule has 0 saturated heterocycles. The maximum absolute atomic E-state index is 10.6. The molecule has 2 nitrogen and oxygen atoms in total. The average molecular weight is 319 g/mol. The zero-order valence-corrected chi connectivity index (χ0v) is 15.2. The lowest BCUT2D eigenvalue weighted by molar-refractivity contribution is -0.199. The average Bonchev–Trinajstić information content (AvgIpc) is 2.68. The number of fused-ring (bicyclic) bond motifs is 3. The molecule has 4 rings (SSSR count). The summed E-state index contributed by atoms with van der Waals surface area (Å²) < 4.78 is 0. The highest BCUT2D eigenvalue weighted by Crippen LogP contribution is 2.74. The van der Waals surface area contributed by atoms with Gasteiger partial charge in [0.05, 0.1) is 12.7 Å². The van der Waals surface area contributed by atoms with Crippen molar-refractivity contribution in [1.29, 1.82) is 0 Å². The van der Waals surface area contributed by atoms with Crippen LogP contribution in [0.5, 0.6) is 0 Å². The second-order valence-corrected chi connectivity index (χ2v) is 10.3. The fourth-order valence-corrected chi connectivity index (χ4v) is 7.92. The van der Waals surface area contributed by atoms with Gasteiger partial charge in [0, 0.05) is 5.41 Å². The van der Waals surface area contributed by atoms with E-state index in [0.717, 1.165) is 18.8 Å². The van der Waals surface area contributed by atoms with Gasteiger partial charge < -0.3 is 10.2 Å². The zero-order valence-electron chi connectivity index (χ0n) is 15.2. The molecule has 2 unspecified atom stereocenters. The first-order chi connectivity index (χ1) is 10.7. The zero-order chi connectivity index (χ0) is 16.7. The van der Waals surface area contributed by atoms with E-state index in [-0.39, 0.29) is 23.5 Å². The van der Waals surface area contributed by atoms with Gasteiger partial charge in [-0.2, -0.15) is 0 Å². The number of aliphatic hydroxyl groups excluding tert-OH is 2. The second-order valence-electron chi connectivity index (χ2n) is 10.3. The summed E-state index contributed by atoms with van der Waals surface area (Å²) in [5.41, 5.74) is 2.32. The van der Waals surface area contributed by atoms with Crippen LogP contribution in [0, 0.1) is 33.5 Å². The van der Waals surface area contributed by atoms with Crippen LogP contribution in [-0.2, 0) is 0 Å². The fourth-order valence-electron chi connectivity index (χ4n) is 7.92. The summed E-state index contributed by atoms with van der Waals surface area (Å²) in [4.78, 5) is 0. The van der Waals surface area contributed by atoms with Gasteiger partial charge in [0.2, 0.25) is 0 Å². The Morgan fingerprint density at radius 1 is 1.04 bits per heavy atom. The molecule has 4 aliphatic carbocycles. The quantitative estimate of drug-likeness (QED) is 0.707. The largest absolute Gasteiger partial charge is 0.396 e. The third-order valence-corrected chi connectivity index (χ3v) is 9.26. The Morgan fingerprint density at radius 2 is 1.74 bits per heavy atom. The second kappa shape index (κ2) is 4.64. The number of rotatable bonds is 1. The molecule has 0 aromatic carbocycles. The van der Waals surface area contributed by atoms with Crippen LogP contribution in [-0.4, -0.2) is 22.9 Å². The standard InChI is InChI=1S/C21H34O2/c1-14-11-21-10-6-15-19(3,9-7-17(23)20(15,4)13-22)16(21)5-8-18(14,2)12-21/h15-17,22-23H,1,5-13H2,2-4H3/t15-,16-,17?,18-,19+,20?,21+/m1/s1. The summed E-state index contributed by atoms with van der Waals surface area (Å²) in [7, 11) is 0.